The maximum Gasteiger partial charge on any atom is 0.132 e. The first-order valence-corrected chi connectivity index (χ1v) is 6.63. The molecule has 94 valence electrons. The van der Waals surface area contributed by atoms with Gasteiger partial charge in [0.2, 0.25) is 0 Å². The Morgan fingerprint density at radius 1 is 1.28 bits per heavy atom. The lowest BCUT2D eigenvalue weighted by Crippen LogP contribution is -2.01. The number of rotatable bonds is 5. The van der Waals surface area contributed by atoms with Crippen molar-refractivity contribution in [2.75, 3.05) is 12.4 Å². The van der Waals surface area contributed by atoms with Gasteiger partial charge in [0.1, 0.15) is 28.0 Å². The summed E-state index contributed by atoms with van der Waals surface area (Å²) in [6.45, 7) is 2.12. The fourth-order valence-corrected chi connectivity index (χ4v) is 2.20. The van der Waals surface area contributed by atoms with E-state index >= 15 is 0 Å². The summed E-state index contributed by atoms with van der Waals surface area (Å²) in [7, 11) is 1.86. The maximum absolute atomic E-state index is 4.52. The van der Waals surface area contributed by atoms with Crippen LogP contribution < -0.4 is 5.32 Å². The van der Waals surface area contributed by atoms with Crippen LogP contribution in [0.3, 0.4) is 0 Å². The van der Waals surface area contributed by atoms with Crippen LogP contribution in [0.25, 0.3) is 0 Å². The van der Waals surface area contributed by atoms with Crippen LogP contribution in [0.4, 0.5) is 5.82 Å². The molecule has 0 amide bonds. The van der Waals surface area contributed by atoms with Gasteiger partial charge >= 0.3 is 0 Å². The van der Waals surface area contributed by atoms with Gasteiger partial charge in [-0.15, -0.1) is 0 Å². The van der Waals surface area contributed by atoms with Crippen molar-refractivity contribution in [3.8, 4) is 0 Å². The summed E-state index contributed by atoms with van der Waals surface area (Å²) in [5, 5.41) is 4.84. The van der Waals surface area contributed by atoms with Gasteiger partial charge in [-0.25, -0.2) is 19.9 Å². The van der Waals surface area contributed by atoms with Crippen LogP contribution in [-0.2, 0) is 6.42 Å². The van der Waals surface area contributed by atoms with E-state index in [-0.39, 0.29) is 0 Å². The molecule has 0 aromatic carbocycles. The molecule has 2 heterocycles. The number of aromatic nitrogens is 4. The van der Waals surface area contributed by atoms with Gasteiger partial charge < -0.3 is 5.32 Å². The van der Waals surface area contributed by atoms with E-state index in [1.54, 1.807) is 6.20 Å². The third-order valence-corrected chi connectivity index (χ3v) is 3.11. The quantitative estimate of drug-likeness (QED) is 0.834. The lowest BCUT2D eigenvalue weighted by atomic mass is 10.3. The molecule has 0 aliphatic heterocycles. The van der Waals surface area contributed by atoms with Crippen molar-refractivity contribution in [1.82, 2.24) is 19.9 Å². The minimum atomic E-state index is 0.838. The lowest BCUT2D eigenvalue weighted by Gasteiger charge is -2.06. The molecule has 0 aliphatic carbocycles. The molecule has 2 aromatic rings. The summed E-state index contributed by atoms with van der Waals surface area (Å²) < 4.78 is 0. The van der Waals surface area contributed by atoms with E-state index in [0.29, 0.717) is 0 Å². The Morgan fingerprint density at radius 2 is 2.17 bits per heavy atom. The molecule has 0 saturated carbocycles. The van der Waals surface area contributed by atoms with Crippen molar-refractivity contribution >= 4 is 17.6 Å². The molecule has 0 radical (unpaired) electrons. The van der Waals surface area contributed by atoms with Gasteiger partial charge in [0.05, 0.1) is 0 Å². The van der Waals surface area contributed by atoms with Gasteiger partial charge in [0.15, 0.2) is 0 Å². The highest BCUT2D eigenvalue weighted by Gasteiger charge is 2.05. The van der Waals surface area contributed by atoms with Crippen LogP contribution in [0, 0.1) is 0 Å². The molecule has 6 heteroatoms. The van der Waals surface area contributed by atoms with Gasteiger partial charge in [-0.2, -0.15) is 0 Å². The second-order valence-electron chi connectivity index (χ2n) is 3.66. The molecular formula is C12H15N5S. The Bertz CT molecular complexity index is 503. The summed E-state index contributed by atoms with van der Waals surface area (Å²) in [4.78, 5) is 17.0. The monoisotopic (exact) mass is 261 g/mol. The second-order valence-corrected chi connectivity index (χ2v) is 4.70. The third-order valence-electron chi connectivity index (χ3n) is 2.24. The molecule has 0 atom stereocenters. The van der Waals surface area contributed by atoms with Crippen molar-refractivity contribution in [3.63, 3.8) is 0 Å². The molecule has 18 heavy (non-hydrogen) atoms. The van der Waals surface area contributed by atoms with Gasteiger partial charge in [-0.1, -0.05) is 6.92 Å². The molecule has 2 aromatic heterocycles. The number of hydrogen-bond donors (Lipinski definition) is 1. The first kappa shape index (κ1) is 12.8. The zero-order chi connectivity index (χ0) is 12.8. The van der Waals surface area contributed by atoms with E-state index in [1.165, 1.54) is 18.1 Å². The van der Waals surface area contributed by atoms with Crippen molar-refractivity contribution in [2.45, 2.75) is 29.8 Å². The number of nitrogens with one attached hydrogen (secondary N) is 1. The fraction of sp³-hybridized carbons (Fsp3) is 0.333. The molecule has 2 rings (SSSR count). The SMILES string of the molecule is CCCc1nc(NC)cc(Sc2ccncn2)n1. The van der Waals surface area contributed by atoms with E-state index < -0.39 is 0 Å². The molecule has 1 N–H and O–H groups in total. The Balaban J connectivity index is 2.24. The van der Waals surface area contributed by atoms with Crippen molar-refractivity contribution in [1.29, 1.82) is 0 Å². The first-order valence-electron chi connectivity index (χ1n) is 5.81. The molecule has 0 fully saturated rings. The van der Waals surface area contributed by atoms with Crippen molar-refractivity contribution in [2.24, 2.45) is 0 Å². The Hall–Kier alpha value is -1.69. The van der Waals surface area contributed by atoms with Crippen LogP contribution in [0.1, 0.15) is 19.2 Å². The van der Waals surface area contributed by atoms with Gasteiger partial charge in [0, 0.05) is 25.7 Å². The Morgan fingerprint density at radius 3 is 2.83 bits per heavy atom. The average molecular weight is 261 g/mol. The summed E-state index contributed by atoms with van der Waals surface area (Å²) in [6.07, 6.45) is 5.18. The van der Waals surface area contributed by atoms with E-state index in [1.807, 2.05) is 19.2 Å². The fourth-order valence-electron chi connectivity index (χ4n) is 1.43. The largest absolute Gasteiger partial charge is 0.373 e. The van der Waals surface area contributed by atoms with Gasteiger partial charge in [-0.3, -0.25) is 0 Å². The van der Waals surface area contributed by atoms with Crippen molar-refractivity contribution < 1.29 is 0 Å². The lowest BCUT2D eigenvalue weighted by molar-refractivity contribution is 0.811. The maximum atomic E-state index is 4.52. The number of nitrogens with zero attached hydrogens (tertiary/aromatic N) is 4. The van der Waals surface area contributed by atoms with Crippen LogP contribution in [0.5, 0.6) is 0 Å². The Kier molecular flexibility index (Phi) is 4.46. The normalized spacial score (nSPS) is 10.3. The smallest absolute Gasteiger partial charge is 0.132 e. The van der Waals surface area contributed by atoms with E-state index in [0.717, 1.165) is 34.5 Å². The van der Waals surface area contributed by atoms with Gasteiger partial charge in [0.25, 0.3) is 0 Å². The summed E-state index contributed by atoms with van der Waals surface area (Å²) in [6, 6.07) is 3.79. The molecule has 0 bridgehead atoms. The predicted octanol–water partition coefficient (Wildman–Crippen LogP) is 2.41. The summed E-state index contributed by atoms with van der Waals surface area (Å²) in [5.41, 5.74) is 0. The van der Waals surface area contributed by atoms with Crippen LogP contribution in [-0.4, -0.2) is 27.0 Å². The molecule has 0 unspecified atom stereocenters. The van der Waals surface area contributed by atoms with E-state index in [4.69, 9.17) is 0 Å². The zero-order valence-corrected chi connectivity index (χ0v) is 11.2. The highest BCUT2D eigenvalue weighted by Crippen LogP contribution is 2.25. The van der Waals surface area contributed by atoms with Crippen LogP contribution >= 0.6 is 11.8 Å². The molecule has 5 nitrogen and oxygen atoms in total. The van der Waals surface area contributed by atoms with E-state index in [9.17, 15) is 0 Å². The molecule has 0 spiro atoms. The van der Waals surface area contributed by atoms with Crippen LogP contribution in [0.2, 0.25) is 0 Å². The summed E-state index contributed by atoms with van der Waals surface area (Å²) in [5.74, 6) is 1.70. The minimum Gasteiger partial charge on any atom is -0.373 e. The van der Waals surface area contributed by atoms with E-state index in [2.05, 4.69) is 32.2 Å². The molecule has 0 aliphatic rings. The Labute approximate surface area is 110 Å². The standard InChI is InChI=1S/C12H15N5S/c1-3-4-9-16-10(13-2)7-12(17-9)18-11-5-6-14-8-15-11/h5-8H,3-4H2,1-2H3,(H,13,16,17). The third kappa shape index (κ3) is 3.40. The number of hydrogen-bond acceptors (Lipinski definition) is 6. The highest BCUT2D eigenvalue weighted by molar-refractivity contribution is 7.99. The number of aryl methyl sites for hydroxylation is 1. The molecule has 0 saturated heterocycles. The summed E-state index contributed by atoms with van der Waals surface area (Å²) >= 11 is 1.51. The van der Waals surface area contributed by atoms with Gasteiger partial charge in [-0.05, 0) is 24.2 Å². The highest BCUT2D eigenvalue weighted by atomic mass is 32.2. The second kappa shape index (κ2) is 6.30. The van der Waals surface area contributed by atoms with Crippen molar-refractivity contribution in [3.05, 3.63) is 30.5 Å². The van der Waals surface area contributed by atoms with Crippen LogP contribution in [0.15, 0.2) is 34.7 Å². The zero-order valence-electron chi connectivity index (χ0n) is 10.4. The number of anilines is 1. The minimum absolute atomic E-state index is 0.838. The first-order chi connectivity index (χ1) is 8.81. The average Bonchev–Trinajstić information content (AvgIpc) is 2.40. The topological polar surface area (TPSA) is 63.6 Å². The molecular weight excluding hydrogens is 246 g/mol. The predicted molar refractivity (Wildman–Crippen MR) is 71.7 cm³/mol.